The molecule has 0 saturated heterocycles. The van der Waals surface area contributed by atoms with Crippen LogP contribution in [0.3, 0.4) is 0 Å². The summed E-state index contributed by atoms with van der Waals surface area (Å²) in [5, 5.41) is 0. The Hall–Kier alpha value is -4.06. The number of carbonyl (C=O) groups is 2. The monoisotopic (exact) mass is 460 g/mol. The fourth-order valence-corrected chi connectivity index (χ4v) is 2.82. The molecule has 0 amide bonds. The molecule has 176 valence electrons. The van der Waals surface area contributed by atoms with E-state index >= 15 is 0 Å². The highest BCUT2D eigenvalue weighted by Crippen LogP contribution is 2.15. The quantitative estimate of drug-likeness (QED) is 0.399. The van der Waals surface area contributed by atoms with Crippen LogP contribution in [0.25, 0.3) is 12.2 Å². The van der Waals surface area contributed by atoms with Crippen LogP contribution >= 0.6 is 0 Å². The summed E-state index contributed by atoms with van der Waals surface area (Å²) in [6, 6.07) is 14.7. The van der Waals surface area contributed by atoms with Gasteiger partial charge in [0.15, 0.2) is 0 Å². The second-order valence-corrected chi connectivity index (χ2v) is 7.74. The summed E-state index contributed by atoms with van der Waals surface area (Å²) in [6.07, 6.45) is 9.89. The van der Waals surface area contributed by atoms with Gasteiger partial charge in [-0.1, -0.05) is 24.3 Å². The third-order valence-corrected chi connectivity index (χ3v) is 4.83. The normalized spacial score (nSPS) is 21.0. The third kappa shape index (κ3) is 8.82. The van der Waals surface area contributed by atoms with Crippen LogP contribution in [0.15, 0.2) is 84.0 Å². The van der Waals surface area contributed by atoms with E-state index in [1.54, 1.807) is 12.2 Å². The van der Waals surface area contributed by atoms with Gasteiger partial charge in [-0.2, -0.15) is 0 Å². The molecule has 0 spiro atoms. The van der Waals surface area contributed by atoms with Gasteiger partial charge >= 0.3 is 11.9 Å². The largest absolute Gasteiger partial charge is 0.490 e. The zero-order valence-electron chi connectivity index (χ0n) is 19.4. The zero-order chi connectivity index (χ0) is 24.2. The van der Waals surface area contributed by atoms with Crippen LogP contribution in [0.2, 0.25) is 0 Å². The summed E-state index contributed by atoms with van der Waals surface area (Å²) in [5.74, 6) is 0.555. The van der Waals surface area contributed by atoms with Crippen molar-refractivity contribution >= 4 is 24.1 Å². The Balaban J connectivity index is 1.69. The molecule has 2 aromatic carbocycles. The van der Waals surface area contributed by atoms with Crippen molar-refractivity contribution in [1.82, 2.24) is 0 Å². The average Bonchev–Trinajstić information content (AvgIpc) is 2.84. The SMILES string of the molecule is C/C1=C/COc2ccc(cc2)/C=C/C(=O)OC/C(C)=C\COc2ccc(cc2)/C=C/C(=O)OC1. The fraction of sp³-hybridized carbons (Fsp3) is 0.214. The standard InChI is InChI=1S/C28H28O6/c1-21-15-17-31-25-9-3-24(4-10-25)8-14-28(30)34-20-22(2)16-18-32-26-11-5-23(6-12-26)7-13-27(29)33-19-21/h3-16H,17-20H2,1-2H3/b13-7+,14-8+,21-15-,22-16-. The molecular weight excluding hydrogens is 432 g/mol. The van der Waals surface area contributed by atoms with E-state index in [-0.39, 0.29) is 13.2 Å². The van der Waals surface area contributed by atoms with Gasteiger partial charge in [0.05, 0.1) is 0 Å². The number of esters is 2. The maximum absolute atomic E-state index is 12.0. The Morgan fingerprint density at radius 1 is 0.529 bits per heavy atom. The topological polar surface area (TPSA) is 71.1 Å². The molecule has 4 aliphatic heterocycles. The van der Waals surface area contributed by atoms with Crippen molar-refractivity contribution in [3.8, 4) is 11.5 Å². The van der Waals surface area contributed by atoms with Gasteiger partial charge in [0.1, 0.15) is 37.9 Å². The highest BCUT2D eigenvalue weighted by molar-refractivity contribution is 5.87. The first-order valence-corrected chi connectivity index (χ1v) is 10.9. The lowest BCUT2D eigenvalue weighted by Gasteiger charge is -2.07. The summed E-state index contributed by atoms with van der Waals surface area (Å²) >= 11 is 0. The second kappa shape index (κ2) is 12.8. The molecule has 0 radical (unpaired) electrons. The zero-order valence-corrected chi connectivity index (χ0v) is 19.4. The van der Waals surface area contributed by atoms with E-state index in [1.165, 1.54) is 12.2 Å². The van der Waals surface area contributed by atoms with E-state index < -0.39 is 11.9 Å². The molecule has 0 saturated carbocycles. The smallest absolute Gasteiger partial charge is 0.331 e. The first-order chi connectivity index (χ1) is 16.5. The van der Waals surface area contributed by atoms with Gasteiger partial charge in [0, 0.05) is 12.2 Å². The lowest BCUT2D eigenvalue weighted by atomic mass is 10.2. The summed E-state index contributed by atoms with van der Waals surface area (Å²) in [5.41, 5.74) is 3.47. The molecule has 0 fully saturated rings. The molecule has 0 atom stereocenters. The number of hydrogen-bond acceptors (Lipinski definition) is 6. The first-order valence-electron chi connectivity index (χ1n) is 10.9. The Kier molecular flexibility index (Phi) is 9.29. The molecule has 0 aromatic heterocycles. The van der Waals surface area contributed by atoms with E-state index in [0.29, 0.717) is 24.7 Å². The molecule has 4 heterocycles. The molecule has 34 heavy (non-hydrogen) atoms. The van der Waals surface area contributed by atoms with Gasteiger partial charge in [-0.05, 0) is 84.7 Å². The molecule has 0 unspecified atom stereocenters. The van der Waals surface area contributed by atoms with Gasteiger partial charge in [0.25, 0.3) is 0 Å². The minimum Gasteiger partial charge on any atom is -0.490 e. The average molecular weight is 461 g/mol. The van der Waals surface area contributed by atoms with Crippen molar-refractivity contribution in [1.29, 1.82) is 0 Å². The maximum atomic E-state index is 12.0. The molecule has 4 bridgehead atoms. The summed E-state index contributed by atoms with van der Waals surface area (Å²) in [6.45, 7) is 4.82. The lowest BCUT2D eigenvalue weighted by molar-refractivity contribution is -0.137. The van der Waals surface area contributed by atoms with E-state index in [9.17, 15) is 9.59 Å². The van der Waals surface area contributed by atoms with Crippen molar-refractivity contribution in [3.05, 3.63) is 95.1 Å². The fourth-order valence-electron chi connectivity index (χ4n) is 2.82. The van der Waals surface area contributed by atoms with Crippen LogP contribution in [0.1, 0.15) is 25.0 Å². The Morgan fingerprint density at radius 3 is 1.29 bits per heavy atom. The van der Waals surface area contributed by atoms with Crippen molar-refractivity contribution in [3.63, 3.8) is 0 Å². The van der Waals surface area contributed by atoms with Crippen LogP contribution < -0.4 is 9.47 Å². The number of ether oxygens (including phenoxy) is 4. The highest BCUT2D eigenvalue weighted by atomic mass is 16.5. The first kappa shape index (κ1) is 24.6. The third-order valence-electron chi connectivity index (χ3n) is 4.83. The Bertz CT molecular complexity index is 999. The predicted molar refractivity (Wildman–Crippen MR) is 131 cm³/mol. The predicted octanol–water partition coefficient (Wildman–Crippen LogP) is 5.16. The molecule has 6 heteroatoms. The number of benzene rings is 2. The van der Waals surface area contributed by atoms with E-state index in [0.717, 1.165) is 22.3 Å². The molecule has 6 rings (SSSR count). The molecule has 4 aliphatic rings. The van der Waals surface area contributed by atoms with Crippen LogP contribution in [0, 0.1) is 0 Å². The van der Waals surface area contributed by atoms with Gasteiger partial charge in [-0.25, -0.2) is 9.59 Å². The van der Waals surface area contributed by atoms with Crippen LogP contribution in [0.4, 0.5) is 0 Å². The summed E-state index contributed by atoms with van der Waals surface area (Å²) in [7, 11) is 0. The van der Waals surface area contributed by atoms with E-state index in [2.05, 4.69) is 0 Å². The van der Waals surface area contributed by atoms with E-state index in [1.807, 2.05) is 74.5 Å². The molecule has 0 aliphatic carbocycles. The lowest BCUT2D eigenvalue weighted by Crippen LogP contribution is -2.05. The summed E-state index contributed by atoms with van der Waals surface area (Å²) < 4.78 is 21.9. The van der Waals surface area contributed by atoms with Crippen molar-refractivity contribution in [2.24, 2.45) is 0 Å². The minimum absolute atomic E-state index is 0.187. The van der Waals surface area contributed by atoms with Crippen molar-refractivity contribution < 1.29 is 28.5 Å². The van der Waals surface area contributed by atoms with E-state index in [4.69, 9.17) is 18.9 Å². The molecule has 0 N–H and O–H groups in total. The van der Waals surface area contributed by atoms with Crippen LogP contribution in [-0.2, 0) is 19.1 Å². The minimum atomic E-state index is -0.416. The number of carbonyl (C=O) groups excluding carboxylic acids is 2. The summed E-state index contributed by atoms with van der Waals surface area (Å²) in [4.78, 5) is 24.0. The number of hydrogen-bond donors (Lipinski definition) is 0. The van der Waals surface area contributed by atoms with Crippen molar-refractivity contribution in [2.45, 2.75) is 13.8 Å². The van der Waals surface area contributed by atoms with Crippen LogP contribution in [0.5, 0.6) is 11.5 Å². The molecule has 6 nitrogen and oxygen atoms in total. The maximum Gasteiger partial charge on any atom is 0.331 e. The Labute approximate surface area is 199 Å². The Morgan fingerprint density at radius 2 is 0.912 bits per heavy atom. The van der Waals surface area contributed by atoms with Crippen molar-refractivity contribution in [2.75, 3.05) is 26.4 Å². The van der Waals surface area contributed by atoms with Gasteiger partial charge in [-0.3, -0.25) is 0 Å². The molecular formula is C28H28O6. The van der Waals surface area contributed by atoms with Crippen LogP contribution in [-0.4, -0.2) is 38.4 Å². The molecule has 2 aromatic rings. The number of rotatable bonds is 0. The second-order valence-electron chi connectivity index (χ2n) is 7.74. The highest BCUT2D eigenvalue weighted by Gasteiger charge is 2.01. The van der Waals surface area contributed by atoms with Gasteiger partial charge in [0.2, 0.25) is 0 Å². The van der Waals surface area contributed by atoms with Gasteiger partial charge in [-0.15, -0.1) is 0 Å². The van der Waals surface area contributed by atoms with Gasteiger partial charge < -0.3 is 18.9 Å².